The van der Waals surface area contributed by atoms with Crippen molar-refractivity contribution in [2.45, 2.75) is 113 Å². The van der Waals surface area contributed by atoms with E-state index in [0.29, 0.717) is 0 Å². The van der Waals surface area contributed by atoms with Crippen molar-refractivity contribution in [2.75, 3.05) is 13.2 Å². The molecule has 3 aliphatic heterocycles. The first kappa shape index (κ1) is 31.9. The lowest BCUT2D eigenvalue weighted by Gasteiger charge is -2.50. The quantitative estimate of drug-likeness (QED) is 0.130. The van der Waals surface area contributed by atoms with Crippen molar-refractivity contribution in [1.29, 1.82) is 0 Å². The third kappa shape index (κ3) is 7.02. The highest BCUT2D eigenvalue weighted by Crippen LogP contribution is 2.33. The molecule has 3 heterocycles. The van der Waals surface area contributed by atoms with E-state index in [1.165, 1.54) is 6.92 Å². The van der Waals surface area contributed by atoms with E-state index in [9.17, 15) is 50.4 Å². The fraction of sp³-hybridized carbons (Fsp3) is 0.909. The molecule has 0 aromatic heterocycles. The van der Waals surface area contributed by atoms with E-state index >= 15 is 0 Å². The minimum absolute atomic E-state index is 0.635. The molecule has 0 bridgehead atoms. The molecule has 39 heavy (non-hydrogen) atoms. The van der Waals surface area contributed by atoms with Gasteiger partial charge in [0.05, 0.1) is 19.3 Å². The largest absolute Gasteiger partial charge is 0.394 e. The molecule has 0 aromatic carbocycles. The smallest absolute Gasteiger partial charge is 0.217 e. The number of carbonyl (C=O) groups is 2. The van der Waals surface area contributed by atoms with Gasteiger partial charge in [-0.2, -0.15) is 0 Å². The molecule has 2 amide bonds. The van der Waals surface area contributed by atoms with E-state index < -0.39 is 117 Å². The number of hydrogen-bond acceptors (Lipinski definition) is 15. The minimum atomic E-state index is -1.80. The van der Waals surface area contributed by atoms with E-state index in [0.717, 1.165) is 13.8 Å². The maximum atomic E-state index is 12.0. The highest BCUT2D eigenvalue weighted by Gasteiger charge is 2.54. The monoisotopic (exact) mass is 570 g/mol. The summed E-state index contributed by atoms with van der Waals surface area (Å²) in [7, 11) is 0. The normalized spacial score (nSPS) is 46.9. The summed E-state index contributed by atoms with van der Waals surface area (Å²) in [6.45, 7) is 2.13. The van der Waals surface area contributed by atoms with Gasteiger partial charge in [0, 0.05) is 13.8 Å². The molecular formula is C22H38N2O15. The topological polar surface area (TPSA) is 266 Å². The van der Waals surface area contributed by atoms with Gasteiger partial charge in [-0.1, -0.05) is 0 Å². The number of aliphatic hydroxyl groups excluding tert-OH is 8. The number of rotatable bonds is 8. The van der Waals surface area contributed by atoms with Crippen LogP contribution in [-0.2, 0) is 33.3 Å². The van der Waals surface area contributed by atoms with Crippen LogP contribution >= 0.6 is 0 Å². The van der Waals surface area contributed by atoms with Gasteiger partial charge in [-0.15, -0.1) is 0 Å². The lowest BCUT2D eigenvalue weighted by atomic mass is 9.94. The predicted octanol–water partition coefficient (Wildman–Crippen LogP) is -6.26. The van der Waals surface area contributed by atoms with Gasteiger partial charge in [-0.25, -0.2) is 0 Å². The van der Waals surface area contributed by atoms with Gasteiger partial charge in [-0.3, -0.25) is 9.59 Å². The van der Waals surface area contributed by atoms with Crippen molar-refractivity contribution in [2.24, 2.45) is 0 Å². The first-order valence-corrected chi connectivity index (χ1v) is 12.4. The highest BCUT2D eigenvalue weighted by atomic mass is 16.7. The Morgan fingerprint density at radius 2 is 1.23 bits per heavy atom. The zero-order valence-corrected chi connectivity index (χ0v) is 21.5. The second-order valence-electron chi connectivity index (χ2n) is 9.79. The van der Waals surface area contributed by atoms with E-state index in [2.05, 4.69) is 10.6 Å². The molecule has 10 N–H and O–H groups in total. The maximum Gasteiger partial charge on any atom is 0.217 e. The molecule has 226 valence electrons. The molecule has 0 saturated carbocycles. The lowest BCUT2D eigenvalue weighted by molar-refractivity contribution is -0.362. The summed E-state index contributed by atoms with van der Waals surface area (Å²) in [5.74, 6) is -1.28. The van der Waals surface area contributed by atoms with Crippen molar-refractivity contribution < 1.29 is 74.1 Å². The molecule has 0 unspecified atom stereocenters. The van der Waals surface area contributed by atoms with Gasteiger partial charge in [0.15, 0.2) is 18.9 Å². The molecule has 0 radical (unpaired) electrons. The van der Waals surface area contributed by atoms with Gasteiger partial charge in [0.25, 0.3) is 0 Å². The summed E-state index contributed by atoms with van der Waals surface area (Å²) < 4.78 is 28.4. The number of amides is 2. The summed E-state index contributed by atoms with van der Waals surface area (Å²) in [5, 5.41) is 86.7. The third-order valence-corrected chi connectivity index (χ3v) is 6.86. The van der Waals surface area contributed by atoms with Crippen molar-refractivity contribution in [3.8, 4) is 0 Å². The zero-order chi connectivity index (χ0) is 29.2. The molecule has 17 heteroatoms. The molecule has 0 aromatic rings. The summed E-state index contributed by atoms with van der Waals surface area (Å²) in [5.41, 5.74) is 0. The summed E-state index contributed by atoms with van der Waals surface area (Å²) in [4.78, 5) is 23.8. The van der Waals surface area contributed by atoms with Crippen molar-refractivity contribution >= 4 is 11.8 Å². The van der Waals surface area contributed by atoms with Crippen molar-refractivity contribution in [1.82, 2.24) is 10.6 Å². The maximum absolute atomic E-state index is 12.0. The van der Waals surface area contributed by atoms with Crippen LogP contribution in [0.4, 0.5) is 0 Å². The Hall–Kier alpha value is -1.58. The Balaban J connectivity index is 1.98. The number of carbonyl (C=O) groups excluding carboxylic acids is 2. The number of nitrogens with one attached hydrogen (secondary N) is 2. The highest BCUT2D eigenvalue weighted by molar-refractivity contribution is 5.73. The van der Waals surface area contributed by atoms with Gasteiger partial charge < -0.3 is 75.2 Å². The van der Waals surface area contributed by atoms with Crippen LogP contribution in [0.1, 0.15) is 20.8 Å². The molecule has 15 atom stereocenters. The average Bonchev–Trinajstić information content (AvgIpc) is 2.88. The first-order valence-electron chi connectivity index (χ1n) is 12.4. The fourth-order valence-corrected chi connectivity index (χ4v) is 4.80. The predicted molar refractivity (Wildman–Crippen MR) is 123 cm³/mol. The summed E-state index contributed by atoms with van der Waals surface area (Å²) in [6.07, 6.45) is -20.0. The molecule has 3 aliphatic rings. The number of ether oxygens (including phenoxy) is 5. The Morgan fingerprint density at radius 3 is 1.79 bits per heavy atom. The second kappa shape index (κ2) is 13.4. The lowest BCUT2D eigenvalue weighted by Crippen LogP contribution is -2.70. The standard InChI is InChI=1S/C22H38N2O15/c1-6-13(29)16(32)17(33)22(35-6)39-19-12(24-8(3)28)20(34)36-10(5-26)18(19)38-21-11(23-7(2)27)15(31)14(30)9(4-25)37-21/h6,9-22,25-26,29-34H,4-5H2,1-3H3,(H,23,27)(H,24,28)/t6-,9+,10+,11+,12+,13+,14-,15+,16+,17-,18+,19+,20+,21-,22-/m0/s1. The Bertz CT molecular complexity index is 837. The number of aliphatic hydroxyl groups is 8. The van der Waals surface area contributed by atoms with Gasteiger partial charge in [0.1, 0.15) is 67.0 Å². The molecule has 0 spiro atoms. The van der Waals surface area contributed by atoms with Crippen LogP contribution in [0.2, 0.25) is 0 Å². The van der Waals surface area contributed by atoms with Crippen LogP contribution < -0.4 is 10.6 Å². The average molecular weight is 571 g/mol. The van der Waals surface area contributed by atoms with Crippen molar-refractivity contribution in [3.63, 3.8) is 0 Å². The number of hydrogen-bond donors (Lipinski definition) is 10. The van der Waals surface area contributed by atoms with E-state index in [4.69, 9.17) is 23.7 Å². The van der Waals surface area contributed by atoms with Gasteiger partial charge in [0.2, 0.25) is 11.8 Å². The second-order valence-corrected chi connectivity index (χ2v) is 9.79. The van der Waals surface area contributed by atoms with Gasteiger partial charge in [-0.05, 0) is 6.92 Å². The van der Waals surface area contributed by atoms with Crippen LogP contribution in [0, 0.1) is 0 Å². The van der Waals surface area contributed by atoms with Gasteiger partial charge >= 0.3 is 0 Å². The Morgan fingerprint density at radius 1 is 0.667 bits per heavy atom. The van der Waals surface area contributed by atoms with Crippen LogP contribution in [0.25, 0.3) is 0 Å². The van der Waals surface area contributed by atoms with Crippen molar-refractivity contribution in [3.05, 3.63) is 0 Å². The van der Waals surface area contributed by atoms with Crippen LogP contribution in [0.5, 0.6) is 0 Å². The third-order valence-electron chi connectivity index (χ3n) is 6.86. The summed E-state index contributed by atoms with van der Waals surface area (Å²) >= 11 is 0. The molecule has 3 saturated heterocycles. The Labute approximate surface area is 223 Å². The van der Waals surface area contributed by atoms with Crippen LogP contribution in [0.15, 0.2) is 0 Å². The zero-order valence-electron chi connectivity index (χ0n) is 21.5. The molecule has 3 rings (SSSR count). The molecular weight excluding hydrogens is 532 g/mol. The van der Waals surface area contributed by atoms with Crippen LogP contribution in [0.3, 0.4) is 0 Å². The fourth-order valence-electron chi connectivity index (χ4n) is 4.80. The molecule has 17 nitrogen and oxygen atoms in total. The molecule has 0 aliphatic carbocycles. The summed E-state index contributed by atoms with van der Waals surface area (Å²) in [6, 6.07) is -2.82. The first-order chi connectivity index (χ1) is 18.3. The SMILES string of the molecule is CC(=O)N[C@@H]1[C@@H](O[C@@H]2O[C@@H](C)[C@@H](O)[C@@H](O)[C@@H]2O)[C@H](O[C@@H]2O[C@H](CO)[C@H](O)[C@H](O)[C@H]2NC(C)=O)[C@@H](CO)O[C@H]1O. The molecule has 3 fully saturated rings. The van der Waals surface area contributed by atoms with E-state index in [1.807, 2.05) is 0 Å². The van der Waals surface area contributed by atoms with E-state index in [1.54, 1.807) is 0 Å². The van der Waals surface area contributed by atoms with E-state index in [-0.39, 0.29) is 0 Å². The Kier molecular flexibility index (Phi) is 11.0. The minimum Gasteiger partial charge on any atom is -0.394 e. The van der Waals surface area contributed by atoms with Crippen LogP contribution in [-0.4, -0.2) is 158 Å².